The summed E-state index contributed by atoms with van der Waals surface area (Å²) < 4.78 is 0. The van der Waals surface area contributed by atoms with Crippen LogP contribution in [0.15, 0.2) is 0 Å². The molecule has 0 aliphatic carbocycles. The van der Waals surface area contributed by atoms with Gasteiger partial charge in [-0.1, -0.05) is 6.92 Å². The maximum atomic E-state index is 11.7. The first-order valence-electron chi connectivity index (χ1n) is 5.55. The first-order chi connectivity index (χ1) is 7.20. The third kappa shape index (κ3) is 3.23. The SMILES string of the molecule is CCCN1C(=O)CC(SCCC=O)C1C. The van der Waals surface area contributed by atoms with Crippen LogP contribution in [-0.2, 0) is 9.59 Å². The fourth-order valence-corrected chi connectivity index (χ4v) is 3.14. The lowest BCUT2D eigenvalue weighted by Crippen LogP contribution is -2.34. The lowest BCUT2D eigenvalue weighted by Gasteiger charge is -2.23. The minimum Gasteiger partial charge on any atom is -0.339 e. The van der Waals surface area contributed by atoms with Crippen molar-refractivity contribution < 1.29 is 9.59 Å². The zero-order valence-corrected chi connectivity index (χ0v) is 10.3. The molecule has 0 aromatic heterocycles. The summed E-state index contributed by atoms with van der Waals surface area (Å²) in [5, 5.41) is 0.379. The summed E-state index contributed by atoms with van der Waals surface area (Å²) in [6.45, 7) is 5.07. The van der Waals surface area contributed by atoms with E-state index < -0.39 is 0 Å². The molecule has 86 valence electrons. The molecular formula is C11H19NO2S. The highest BCUT2D eigenvalue weighted by atomic mass is 32.2. The molecule has 1 fully saturated rings. The molecule has 15 heavy (non-hydrogen) atoms. The van der Waals surface area contributed by atoms with Crippen LogP contribution in [0.1, 0.15) is 33.1 Å². The first kappa shape index (κ1) is 12.6. The van der Waals surface area contributed by atoms with Gasteiger partial charge in [0.05, 0.1) is 0 Å². The number of carbonyl (C=O) groups excluding carboxylic acids is 2. The molecule has 1 aliphatic heterocycles. The van der Waals surface area contributed by atoms with Gasteiger partial charge in [-0.05, 0) is 13.3 Å². The Morgan fingerprint density at radius 2 is 2.33 bits per heavy atom. The zero-order valence-electron chi connectivity index (χ0n) is 9.44. The molecule has 0 radical (unpaired) electrons. The van der Waals surface area contributed by atoms with Gasteiger partial charge in [0.15, 0.2) is 0 Å². The average molecular weight is 229 g/mol. The largest absolute Gasteiger partial charge is 0.339 e. The van der Waals surface area contributed by atoms with Crippen LogP contribution >= 0.6 is 11.8 Å². The Kier molecular flexibility index (Phi) is 5.15. The lowest BCUT2D eigenvalue weighted by atomic mass is 10.2. The first-order valence-corrected chi connectivity index (χ1v) is 6.60. The topological polar surface area (TPSA) is 37.4 Å². The average Bonchev–Trinajstić information content (AvgIpc) is 2.47. The number of thioether (sulfide) groups is 1. The predicted molar refractivity (Wildman–Crippen MR) is 63.0 cm³/mol. The molecule has 0 spiro atoms. The molecular weight excluding hydrogens is 210 g/mol. The van der Waals surface area contributed by atoms with Crippen LogP contribution in [0.4, 0.5) is 0 Å². The van der Waals surface area contributed by atoms with Gasteiger partial charge in [0.2, 0.25) is 5.91 Å². The van der Waals surface area contributed by atoms with E-state index in [9.17, 15) is 9.59 Å². The van der Waals surface area contributed by atoms with Crippen molar-refractivity contribution >= 4 is 24.0 Å². The number of aldehydes is 1. The molecule has 1 saturated heterocycles. The number of rotatable bonds is 6. The van der Waals surface area contributed by atoms with Crippen LogP contribution in [0.3, 0.4) is 0 Å². The second-order valence-electron chi connectivity index (χ2n) is 3.90. The third-order valence-electron chi connectivity index (χ3n) is 2.76. The molecule has 1 heterocycles. The van der Waals surface area contributed by atoms with Gasteiger partial charge in [-0.25, -0.2) is 0 Å². The van der Waals surface area contributed by atoms with E-state index in [2.05, 4.69) is 13.8 Å². The monoisotopic (exact) mass is 229 g/mol. The van der Waals surface area contributed by atoms with Crippen LogP contribution in [0.2, 0.25) is 0 Å². The van der Waals surface area contributed by atoms with Crippen LogP contribution in [0.25, 0.3) is 0 Å². The van der Waals surface area contributed by atoms with Crippen molar-refractivity contribution in [2.24, 2.45) is 0 Å². The minimum absolute atomic E-state index is 0.271. The van der Waals surface area contributed by atoms with E-state index in [1.165, 1.54) is 0 Å². The number of hydrogen-bond acceptors (Lipinski definition) is 3. The van der Waals surface area contributed by atoms with Gasteiger partial charge in [0.25, 0.3) is 0 Å². The van der Waals surface area contributed by atoms with Gasteiger partial charge in [0.1, 0.15) is 6.29 Å². The number of hydrogen-bond donors (Lipinski definition) is 0. The van der Waals surface area contributed by atoms with Gasteiger partial charge in [-0.3, -0.25) is 4.79 Å². The Hall–Kier alpha value is -0.510. The van der Waals surface area contributed by atoms with E-state index in [1.54, 1.807) is 11.8 Å². The minimum atomic E-state index is 0.271. The molecule has 0 saturated carbocycles. The fourth-order valence-electron chi connectivity index (χ4n) is 1.92. The number of nitrogens with zero attached hydrogens (tertiary/aromatic N) is 1. The Bertz CT molecular complexity index is 233. The van der Waals surface area contributed by atoms with Crippen molar-refractivity contribution in [1.29, 1.82) is 0 Å². The molecule has 2 unspecified atom stereocenters. The van der Waals surface area contributed by atoms with E-state index in [-0.39, 0.29) is 5.91 Å². The second-order valence-corrected chi connectivity index (χ2v) is 5.24. The standard InChI is InChI=1S/C11H19NO2S/c1-3-5-12-9(2)10(8-11(12)14)15-7-4-6-13/h6,9-10H,3-5,7-8H2,1-2H3. The summed E-state index contributed by atoms with van der Waals surface area (Å²) in [6.07, 6.45) is 3.20. The molecule has 0 aromatic carbocycles. The molecule has 4 heteroatoms. The van der Waals surface area contributed by atoms with Gasteiger partial charge in [-0.2, -0.15) is 11.8 Å². The van der Waals surface area contributed by atoms with Crippen molar-refractivity contribution in [2.45, 2.75) is 44.4 Å². The Morgan fingerprint density at radius 3 is 2.93 bits per heavy atom. The Morgan fingerprint density at radius 1 is 1.60 bits per heavy atom. The lowest BCUT2D eigenvalue weighted by molar-refractivity contribution is -0.128. The van der Waals surface area contributed by atoms with E-state index >= 15 is 0 Å². The third-order valence-corrected chi connectivity index (χ3v) is 4.22. The van der Waals surface area contributed by atoms with E-state index in [4.69, 9.17) is 0 Å². The van der Waals surface area contributed by atoms with Crippen LogP contribution in [0.5, 0.6) is 0 Å². The van der Waals surface area contributed by atoms with Crippen molar-refractivity contribution in [3.8, 4) is 0 Å². The molecule has 1 rings (SSSR count). The number of carbonyl (C=O) groups is 2. The summed E-state index contributed by atoms with van der Waals surface area (Å²) in [4.78, 5) is 23.8. The van der Waals surface area contributed by atoms with Crippen LogP contribution in [0, 0.1) is 0 Å². The zero-order chi connectivity index (χ0) is 11.3. The van der Waals surface area contributed by atoms with Gasteiger partial charge < -0.3 is 9.69 Å². The summed E-state index contributed by atoms with van der Waals surface area (Å²) in [7, 11) is 0. The molecule has 0 N–H and O–H groups in total. The van der Waals surface area contributed by atoms with Gasteiger partial charge in [-0.15, -0.1) is 0 Å². The van der Waals surface area contributed by atoms with Crippen LogP contribution < -0.4 is 0 Å². The summed E-state index contributed by atoms with van der Waals surface area (Å²) in [5.41, 5.74) is 0. The second kappa shape index (κ2) is 6.16. The van der Waals surface area contributed by atoms with Gasteiger partial charge >= 0.3 is 0 Å². The fraction of sp³-hybridized carbons (Fsp3) is 0.818. The van der Waals surface area contributed by atoms with Crippen molar-refractivity contribution in [3.05, 3.63) is 0 Å². The highest BCUT2D eigenvalue weighted by molar-refractivity contribution is 8.00. The van der Waals surface area contributed by atoms with Crippen molar-refractivity contribution in [3.63, 3.8) is 0 Å². The van der Waals surface area contributed by atoms with Crippen molar-refractivity contribution in [2.75, 3.05) is 12.3 Å². The van der Waals surface area contributed by atoms with Gasteiger partial charge in [0, 0.05) is 36.4 Å². The normalized spacial score (nSPS) is 26.0. The number of likely N-dealkylation sites (tertiary alicyclic amines) is 1. The predicted octanol–water partition coefficient (Wildman–Crippen LogP) is 1.71. The van der Waals surface area contributed by atoms with E-state index in [1.807, 2.05) is 4.90 Å². The Labute approximate surface area is 95.6 Å². The quantitative estimate of drug-likeness (QED) is 0.514. The van der Waals surface area contributed by atoms with E-state index in [0.29, 0.717) is 24.1 Å². The summed E-state index contributed by atoms with van der Waals surface area (Å²) in [6, 6.07) is 0.328. The molecule has 1 aliphatic rings. The molecule has 0 aromatic rings. The Balaban J connectivity index is 2.41. The molecule has 1 amide bonds. The summed E-state index contributed by atoms with van der Waals surface area (Å²) in [5.74, 6) is 1.11. The molecule has 3 nitrogen and oxygen atoms in total. The summed E-state index contributed by atoms with van der Waals surface area (Å²) >= 11 is 1.76. The highest BCUT2D eigenvalue weighted by Gasteiger charge is 2.35. The van der Waals surface area contributed by atoms with E-state index in [0.717, 1.165) is 25.0 Å². The van der Waals surface area contributed by atoms with Crippen LogP contribution in [-0.4, -0.2) is 40.7 Å². The highest BCUT2D eigenvalue weighted by Crippen LogP contribution is 2.29. The maximum Gasteiger partial charge on any atom is 0.224 e. The number of amides is 1. The van der Waals surface area contributed by atoms with Crippen molar-refractivity contribution in [1.82, 2.24) is 4.90 Å². The maximum absolute atomic E-state index is 11.7. The molecule has 0 bridgehead atoms. The molecule has 2 atom stereocenters. The smallest absolute Gasteiger partial charge is 0.224 e.